The second-order valence-electron chi connectivity index (χ2n) is 13.5. The van der Waals surface area contributed by atoms with Gasteiger partial charge in [0.2, 0.25) is 0 Å². The summed E-state index contributed by atoms with van der Waals surface area (Å²) in [5.41, 5.74) is 1.66. The standard InChI is InChI=1S/C34H52O6/c1-33-20-18-27-26-15-14-25(35)22-24(26)21-23(30(27)28(33)16-17-29(33)36)13-11-9-7-5-6-8-10-12-19-34(2,31(37)39-3)32(38)40-4/h14-15,22-23,27-30,35-36H,5-13,16-21H2,1-4H3/t23-,27?,28?,29+,30?,33+/m1/s1. The van der Waals surface area contributed by atoms with Crippen molar-refractivity contribution in [3.05, 3.63) is 29.3 Å². The van der Waals surface area contributed by atoms with Gasteiger partial charge in [-0.15, -0.1) is 0 Å². The van der Waals surface area contributed by atoms with Crippen molar-refractivity contribution < 1.29 is 29.3 Å². The maximum Gasteiger partial charge on any atom is 0.322 e. The van der Waals surface area contributed by atoms with Gasteiger partial charge in [0.15, 0.2) is 5.41 Å². The fraction of sp³-hybridized carbons (Fsp3) is 0.765. The van der Waals surface area contributed by atoms with Gasteiger partial charge in [-0.25, -0.2) is 0 Å². The van der Waals surface area contributed by atoms with E-state index in [9.17, 15) is 19.8 Å². The van der Waals surface area contributed by atoms with Crippen molar-refractivity contribution in [3.63, 3.8) is 0 Å². The molecule has 0 radical (unpaired) electrons. The summed E-state index contributed by atoms with van der Waals surface area (Å²) in [6.45, 7) is 3.96. The number of methoxy groups -OCH3 is 2. The molecule has 1 aromatic carbocycles. The summed E-state index contributed by atoms with van der Waals surface area (Å²) in [4.78, 5) is 24.2. The van der Waals surface area contributed by atoms with Gasteiger partial charge in [0, 0.05) is 0 Å². The highest BCUT2D eigenvalue weighted by molar-refractivity contribution is 5.99. The van der Waals surface area contributed by atoms with Crippen LogP contribution >= 0.6 is 0 Å². The van der Waals surface area contributed by atoms with E-state index < -0.39 is 17.4 Å². The van der Waals surface area contributed by atoms with Crippen LogP contribution in [0.15, 0.2) is 18.2 Å². The Balaban J connectivity index is 1.21. The highest BCUT2D eigenvalue weighted by Crippen LogP contribution is 2.62. The van der Waals surface area contributed by atoms with Crippen LogP contribution in [0.3, 0.4) is 0 Å². The number of phenols is 1. The number of hydrogen-bond acceptors (Lipinski definition) is 6. The first-order chi connectivity index (χ1) is 19.2. The van der Waals surface area contributed by atoms with Crippen LogP contribution in [-0.2, 0) is 25.5 Å². The van der Waals surface area contributed by atoms with Crippen molar-refractivity contribution in [1.82, 2.24) is 0 Å². The van der Waals surface area contributed by atoms with Crippen LogP contribution in [0, 0.1) is 28.6 Å². The Morgan fingerprint density at radius 3 is 2.23 bits per heavy atom. The molecule has 2 saturated carbocycles. The summed E-state index contributed by atoms with van der Waals surface area (Å²) in [6, 6.07) is 6.05. The van der Waals surface area contributed by atoms with Gasteiger partial charge >= 0.3 is 11.9 Å². The number of carbonyl (C=O) groups excluding carboxylic acids is 2. The molecule has 1 aromatic rings. The highest BCUT2D eigenvalue weighted by atomic mass is 16.5. The summed E-state index contributed by atoms with van der Waals surface area (Å²) in [7, 11) is 2.62. The van der Waals surface area contributed by atoms with E-state index in [1.807, 2.05) is 12.1 Å². The minimum atomic E-state index is -1.22. The van der Waals surface area contributed by atoms with E-state index in [2.05, 4.69) is 13.0 Å². The van der Waals surface area contributed by atoms with Gasteiger partial charge in [-0.3, -0.25) is 9.59 Å². The number of ether oxygens (including phenoxy) is 2. The highest BCUT2D eigenvalue weighted by Gasteiger charge is 2.56. The SMILES string of the molecule is COC(=O)C(C)(CCCCCCCCCC[C@@H]1Cc2cc(O)ccc2C2CC[C@@]3(C)C(CC[C@@H]3O)C21)C(=O)OC. The predicted octanol–water partition coefficient (Wildman–Crippen LogP) is 7.09. The number of hydrogen-bond donors (Lipinski definition) is 2. The molecule has 2 fully saturated rings. The lowest BCUT2D eigenvalue weighted by Crippen LogP contribution is -2.47. The zero-order valence-corrected chi connectivity index (χ0v) is 25.3. The fourth-order valence-corrected chi connectivity index (χ4v) is 8.71. The first kappa shape index (κ1) is 30.9. The van der Waals surface area contributed by atoms with E-state index >= 15 is 0 Å². The summed E-state index contributed by atoms with van der Waals surface area (Å²) in [5, 5.41) is 21.1. The summed E-state index contributed by atoms with van der Waals surface area (Å²) >= 11 is 0. The Bertz CT molecular complexity index is 1000. The number of esters is 2. The molecule has 3 unspecified atom stereocenters. The molecule has 40 heavy (non-hydrogen) atoms. The third kappa shape index (κ3) is 6.22. The topological polar surface area (TPSA) is 93.1 Å². The number of rotatable bonds is 13. The van der Waals surface area contributed by atoms with E-state index in [4.69, 9.17) is 9.47 Å². The smallest absolute Gasteiger partial charge is 0.322 e. The third-order valence-corrected chi connectivity index (χ3v) is 11.1. The molecule has 3 aliphatic carbocycles. The Kier molecular flexibility index (Phi) is 10.2. The van der Waals surface area contributed by atoms with Crippen LogP contribution in [0.5, 0.6) is 5.75 Å². The molecule has 6 atom stereocenters. The van der Waals surface area contributed by atoms with Gasteiger partial charge in [0.25, 0.3) is 0 Å². The molecule has 0 saturated heterocycles. The first-order valence-electron chi connectivity index (χ1n) is 15.8. The largest absolute Gasteiger partial charge is 0.508 e. The quantitative estimate of drug-likeness (QED) is 0.153. The molecule has 0 amide bonds. The van der Waals surface area contributed by atoms with E-state index in [1.165, 1.54) is 63.9 Å². The number of carbonyl (C=O) groups is 2. The lowest BCUT2D eigenvalue weighted by Gasteiger charge is -2.53. The van der Waals surface area contributed by atoms with E-state index in [1.54, 1.807) is 6.92 Å². The molecule has 0 aromatic heterocycles. The minimum Gasteiger partial charge on any atom is -0.508 e. The molecular weight excluding hydrogens is 504 g/mol. The number of fused-ring (bicyclic) bond motifs is 5. The van der Waals surface area contributed by atoms with Crippen molar-refractivity contribution in [1.29, 1.82) is 0 Å². The predicted molar refractivity (Wildman–Crippen MR) is 156 cm³/mol. The Morgan fingerprint density at radius 2 is 1.57 bits per heavy atom. The van der Waals surface area contributed by atoms with Gasteiger partial charge < -0.3 is 19.7 Å². The maximum atomic E-state index is 12.1. The normalized spacial score (nSPS) is 29.3. The van der Waals surface area contributed by atoms with Gasteiger partial charge in [-0.1, -0.05) is 64.4 Å². The summed E-state index contributed by atoms with van der Waals surface area (Å²) in [6.07, 6.45) is 16.0. The average molecular weight is 557 g/mol. The van der Waals surface area contributed by atoms with Crippen molar-refractivity contribution >= 4 is 11.9 Å². The number of unbranched alkanes of at least 4 members (excludes halogenated alkanes) is 7. The Hall–Kier alpha value is -2.08. The van der Waals surface area contributed by atoms with Gasteiger partial charge in [-0.05, 0) is 104 Å². The molecule has 224 valence electrons. The van der Waals surface area contributed by atoms with E-state index in [-0.39, 0.29) is 11.5 Å². The van der Waals surface area contributed by atoms with Gasteiger partial charge in [0.1, 0.15) is 5.75 Å². The first-order valence-corrected chi connectivity index (χ1v) is 15.8. The number of aromatic hydroxyl groups is 1. The zero-order chi connectivity index (χ0) is 28.9. The van der Waals surface area contributed by atoms with Crippen molar-refractivity contribution in [2.45, 2.75) is 122 Å². The van der Waals surface area contributed by atoms with Crippen LogP contribution in [0.2, 0.25) is 0 Å². The Morgan fingerprint density at radius 1 is 0.950 bits per heavy atom. The van der Waals surface area contributed by atoms with E-state index in [0.29, 0.717) is 35.8 Å². The second-order valence-corrected chi connectivity index (χ2v) is 13.5. The monoisotopic (exact) mass is 556 g/mol. The molecule has 0 aliphatic heterocycles. The minimum absolute atomic E-state index is 0.0684. The molecule has 6 heteroatoms. The molecule has 0 heterocycles. The number of aliphatic hydroxyl groups is 1. The molecule has 4 rings (SSSR count). The van der Waals surface area contributed by atoms with Crippen LogP contribution in [0.25, 0.3) is 0 Å². The van der Waals surface area contributed by atoms with E-state index in [0.717, 1.165) is 51.4 Å². The fourth-order valence-electron chi connectivity index (χ4n) is 8.71. The molecule has 0 spiro atoms. The molecule has 0 bridgehead atoms. The summed E-state index contributed by atoms with van der Waals surface area (Å²) in [5.74, 6) is 1.79. The number of aliphatic hydroxyl groups excluding tert-OH is 1. The van der Waals surface area contributed by atoms with Gasteiger partial charge in [0.05, 0.1) is 20.3 Å². The van der Waals surface area contributed by atoms with Crippen molar-refractivity contribution in [3.8, 4) is 5.75 Å². The second kappa shape index (κ2) is 13.3. The lowest BCUT2D eigenvalue weighted by atomic mass is 9.52. The van der Waals surface area contributed by atoms with Crippen LogP contribution in [-0.4, -0.2) is 42.5 Å². The Labute approximate surface area is 241 Å². The van der Waals surface area contributed by atoms with Gasteiger partial charge in [-0.2, -0.15) is 0 Å². The van der Waals surface area contributed by atoms with Crippen LogP contribution in [0.1, 0.15) is 121 Å². The lowest BCUT2D eigenvalue weighted by molar-refractivity contribution is -0.168. The van der Waals surface area contributed by atoms with Crippen molar-refractivity contribution in [2.75, 3.05) is 14.2 Å². The number of phenolic OH excluding ortho intramolecular Hbond substituents is 1. The van der Waals surface area contributed by atoms with Crippen LogP contribution < -0.4 is 0 Å². The average Bonchev–Trinajstić information content (AvgIpc) is 3.26. The molecule has 6 nitrogen and oxygen atoms in total. The third-order valence-electron chi connectivity index (χ3n) is 11.1. The zero-order valence-electron chi connectivity index (χ0n) is 25.3. The molecule has 2 N–H and O–H groups in total. The van der Waals surface area contributed by atoms with Crippen LogP contribution in [0.4, 0.5) is 0 Å². The maximum absolute atomic E-state index is 12.1. The molecule has 3 aliphatic rings. The van der Waals surface area contributed by atoms with Crippen molar-refractivity contribution in [2.24, 2.45) is 28.6 Å². The number of benzene rings is 1. The molecular formula is C34H52O6. The summed E-state index contributed by atoms with van der Waals surface area (Å²) < 4.78 is 9.67.